The van der Waals surface area contributed by atoms with Gasteiger partial charge < -0.3 is 14.2 Å². The van der Waals surface area contributed by atoms with Crippen LogP contribution < -0.4 is 5.32 Å². The molecule has 2 atom stereocenters. The molecule has 0 saturated carbocycles. The van der Waals surface area contributed by atoms with Gasteiger partial charge in [0.25, 0.3) is 0 Å². The second kappa shape index (κ2) is 7.60. The van der Waals surface area contributed by atoms with E-state index < -0.39 is 21.3 Å². The van der Waals surface area contributed by atoms with E-state index in [1.807, 2.05) is 0 Å². The van der Waals surface area contributed by atoms with Gasteiger partial charge in [0.15, 0.2) is 0 Å². The second-order valence-electron chi connectivity index (χ2n) is 6.00. The zero-order valence-corrected chi connectivity index (χ0v) is 14.2. The van der Waals surface area contributed by atoms with Gasteiger partial charge in [-0.1, -0.05) is 18.2 Å². The van der Waals surface area contributed by atoms with Gasteiger partial charge in [0.1, 0.15) is 5.25 Å². The number of rotatable bonds is 4. The monoisotopic (exact) mass is 354 g/mol. The van der Waals surface area contributed by atoms with Crippen LogP contribution in [0.2, 0.25) is 0 Å². The number of ether oxygens (including phenoxy) is 1. The Labute approximate surface area is 142 Å². The number of benzene rings is 1. The molecule has 1 aromatic carbocycles. The molecule has 2 unspecified atom stereocenters. The Morgan fingerprint density at radius 2 is 1.88 bits per heavy atom. The summed E-state index contributed by atoms with van der Waals surface area (Å²) >= 11 is 0. The summed E-state index contributed by atoms with van der Waals surface area (Å²) in [6.07, 6.45) is 1.33. The van der Waals surface area contributed by atoms with Gasteiger partial charge in [0.2, 0.25) is 0 Å². The van der Waals surface area contributed by atoms with E-state index in [-0.39, 0.29) is 18.3 Å². The average Bonchev–Trinajstić information content (AvgIpc) is 2.63. The maximum Gasteiger partial charge on any atom is 0.353 e. The number of piperidine rings is 1. The second-order valence-corrected chi connectivity index (χ2v) is 7.82. The fraction of sp³-hybridized carbons (Fsp3) is 0.562. The van der Waals surface area contributed by atoms with Gasteiger partial charge in [-0.25, -0.2) is 4.79 Å². The van der Waals surface area contributed by atoms with Crippen LogP contribution in [0.1, 0.15) is 23.2 Å². The van der Waals surface area contributed by atoms with E-state index in [1.54, 1.807) is 18.2 Å². The zero-order chi connectivity index (χ0) is 17.0. The summed E-state index contributed by atoms with van der Waals surface area (Å²) in [5.41, 5.74) is 0.232. The van der Waals surface area contributed by atoms with Gasteiger partial charge in [0, 0.05) is 19.6 Å². The number of carbonyl (C=O) groups excluding carboxylic acids is 1. The molecule has 0 aromatic heterocycles. The highest BCUT2D eigenvalue weighted by Crippen LogP contribution is 2.20. The largest absolute Gasteiger partial charge is 0.379 e. The van der Waals surface area contributed by atoms with Crippen molar-refractivity contribution in [3.05, 3.63) is 35.9 Å². The van der Waals surface area contributed by atoms with Crippen LogP contribution in [0.25, 0.3) is 0 Å². The molecular formula is C16H22N2O5S. The predicted octanol–water partition coefficient (Wildman–Crippen LogP) is 0.584. The van der Waals surface area contributed by atoms with Crippen molar-refractivity contribution in [1.29, 1.82) is 0 Å². The molecule has 0 amide bonds. The molecule has 2 heterocycles. The smallest absolute Gasteiger partial charge is 0.353 e. The summed E-state index contributed by atoms with van der Waals surface area (Å²) in [5.74, 6) is -0.828. The highest BCUT2D eigenvalue weighted by Gasteiger charge is 2.35. The highest BCUT2D eigenvalue weighted by atomic mass is 32.2. The fourth-order valence-electron chi connectivity index (χ4n) is 3.06. The number of nitrogens with one attached hydrogen (secondary N) is 1. The molecule has 132 valence electrons. The quantitative estimate of drug-likeness (QED) is 0.792. The van der Waals surface area contributed by atoms with Gasteiger partial charge in [-0.2, -0.15) is 8.42 Å². The first-order valence-electron chi connectivity index (χ1n) is 8.14. The normalized spacial score (nSPS) is 26.0. The third-order valence-corrected chi connectivity index (χ3v) is 6.04. The summed E-state index contributed by atoms with van der Waals surface area (Å²) in [7, 11) is -3.94. The van der Waals surface area contributed by atoms with Crippen molar-refractivity contribution in [3.63, 3.8) is 0 Å². The van der Waals surface area contributed by atoms with Gasteiger partial charge >= 0.3 is 16.1 Å². The SMILES string of the molecule is O=C(OS(=O)(=O)C1CCC(N2CCOCC2)NC1)c1ccccc1. The minimum atomic E-state index is -3.94. The lowest BCUT2D eigenvalue weighted by Crippen LogP contribution is -2.56. The summed E-state index contributed by atoms with van der Waals surface area (Å²) in [6.45, 7) is 3.38. The Hall–Kier alpha value is -1.48. The lowest BCUT2D eigenvalue weighted by atomic mass is 10.1. The van der Waals surface area contributed by atoms with Crippen LogP contribution in [-0.4, -0.2) is 63.6 Å². The van der Waals surface area contributed by atoms with E-state index in [0.29, 0.717) is 26.1 Å². The number of hydrogen-bond donors (Lipinski definition) is 1. The fourth-order valence-corrected chi connectivity index (χ4v) is 4.23. The van der Waals surface area contributed by atoms with Crippen molar-refractivity contribution in [2.75, 3.05) is 32.8 Å². The molecule has 0 spiro atoms. The molecule has 3 rings (SSSR count). The minimum absolute atomic E-state index is 0.158. The molecule has 2 aliphatic rings. The standard InChI is InChI=1S/C16H22N2O5S/c19-16(13-4-2-1-3-5-13)23-24(20,21)14-6-7-15(17-12-14)18-8-10-22-11-9-18/h1-5,14-15,17H,6-12H2. The van der Waals surface area contributed by atoms with E-state index in [4.69, 9.17) is 8.92 Å². The Kier molecular flexibility index (Phi) is 5.50. The molecule has 1 aromatic rings. The first-order chi connectivity index (χ1) is 11.6. The van der Waals surface area contributed by atoms with Crippen molar-refractivity contribution < 1.29 is 22.1 Å². The van der Waals surface area contributed by atoms with Crippen molar-refractivity contribution in [3.8, 4) is 0 Å². The van der Waals surface area contributed by atoms with Crippen LogP contribution >= 0.6 is 0 Å². The molecule has 2 saturated heterocycles. The Balaban J connectivity index is 1.55. The van der Waals surface area contributed by atoms with Crippen molar-refractivity contribution in [2.24, 2.45) is 0 Å². The summed E-state index contributed by atoms with van der Waals surface area (Å²) < 4.78 is 34.8. The predicted molar refractivity (Wildman–Crippen MR) is 88.0 cm³/mol. The third-order valence-electron chi connectivity index (χ3n) is 4.44. The summed E-state index contributed by atoms with van der Waals surface area (Å²) in [5, 5.41) is 2.55. The van der Waals surface area contributed by atoms with Crippen molar-refractivity contribution in [1.82, 2.24) is 10.2 Å². The molecule has 0 bridgehead atoms. The minimum Gasteiger partial charge on any atom is -0.379 e. The van der Waals surface area contributed by atoms with E-state index in [1.165, 1.54) is 12.1 Å². The molecule has 0 aliphatic carbocycles. The van der Waals surface area contributed by atoms with Crippen LogP contribution in [0.3, 0.4) is 0 Å². The van der Waals surface area contributed by atoms with Crippen LogP contribution in [0.4, 0.5) is 0 Å². The topological polar surface area (TPSA) is 84.9 Å². The first-order valence-corrected chi connectivity index (χ1v) is 9.61. The molecule has 2 fully saturated rings. The lowest BCUT2D eigenvalue weighted by molar-refractivity contribution is 0.00258. The summed E-state index contributed by atoms with van der Waals surface area (Å²) in [6, 6.07) is 8.15. The number of morpholine rings is 1. The van der Waals surface area contributed by atoms with Crippen LogP contribution in [0.5, 0.6) is 0 Å². The Bertz CT molecular complexity index is 650. The first kappa shape index (κ1) is 17.3. The highest BCUT2D eigenvalue weighted by molar-refractivity contribution is 7.87. The molecule has 8 heteroatoms. The van der Waals surface area contributed by atoms with E-state index in [0.717, 1.165) is 13.1 Å². The van der Waals surface area contributed by atoms with Gasteiger partial charge in [-0.05, 0) is 25.0 Å². The van der Waals surface area contributed by atoms with Crippen LogP contribution in [0.15, 0.2) is 30.3 Å². The van der Waals surface area contributed by atoms with Gasteiger partial charge in [-0.3, -0.25) is 4.90 Å². The number of carbonyl (C=O) groups is 1. The van der Waals surface area contributed by atoms with Crippen molar-refractivity contribution in [2.45, 2.75) is 24.3 Å². The molecular weight excluding hydrogens is 332 g/mol. The lowest BCUT2D eigenvalue weighted by Gasteiger charge is -2.38. The molecule has 1 N–H and O–H groups in total. The molecule has 24 heavy (non-hydrogen) atoms. The Morgan fingerprint density at radius 3 is 2.50 bits per heavy atom. The molecule has 7 nitrogen and oxygen atoms in total. The van der Waals surface area contributed by atoms with E-state index in [2.05, 4.69) is 10.2 Å². The van der Waals surface area contributed by atoms with Crippen LogP contribution in [-0.2, 0) is 19.0 Å². The van der Waals surface area contributed by atoms with Gasteiger partial charge in [-0.15, -0.1) is 0 Å². The molecule has 2 aliphatic heterocycles. The average molecular weight is 354 g/mol. The maximum absolute atomic E-state index is 12.3. The zero-order valence-electron chi connectivity index (χ0n) is 13.4. The van der Waals surface area contributed by atoms with Crippen LogP contribution in [0, 0.1) is 0 Å². The third kappa shape index (κ3) is 4.13. The summed E-state index contributed by atoms with van der Waals surface area (Å²) in [4.78, 5) is 14.2. The molecule has 0 radical (unpaired) electrons. The van der Waals surface area contributed by atoms with E-state index in [9.17, 15) is 13.2 Å². The number of nitrogens with zero attached hydrogens (tertiary/aromatic N) is 1. The van der Waals surface area contributed by atoms with Crippen molar-refractivity contribution >= 4 is 16.1 Å². The van der Waals surface area contributed by atoms with E-state index >= 15 is 0 Å². The Morgan fingerprint density at radius 1 is 1.17 bits per heavy atom. The van der Waals surface area contributed by atoms with Gasteiger partial charge in [0.05, 0.1) is 24.9 Å². The maximum atomic E-state index is 12.3. The number of hydrogen-bond acceptors (Lipinski definition) is 7.